The van der Waals surface area contributed by atoms with E-state index in [1.54, 1.807) is 6.08 Å². The minimum absolute atomic E-state index is 0.0759. The Morgan fingerprint density at radius 2 is 2.02 bits per heavy atom. The zero-order valence-electron chi connectivity index (χ0n) is 28.0. The summed E-state index contributed by atoms with van der Waals surface area (Å²) >= 11 is 0. The lowest BCUT2D eigenvalue weighted by molar-refractivity contribution is -0.0439. The van der Waals surface area contributed by atoms with Crippen LogP contribution in [0.25, 0.3) is 6.08 Å². The smallest absolute Gasteiger partial charge is 0.407 e. The maximum Gasteiger partial charge on any atom is 0.407 e. The fourth-order valence-electron chi connectivity index (χ4n) is 6.21. The summed E-state index contributed by atoms with van der Waals surface area (Å²) in [5, 5.41) is 16.3. The Morgan fingerprint density at radius 3 is 2.67 bits per heavy atom. The third kappa shape index (κ3) is 9.51. The van der Waals surface area contributed by atoms with Crippen molar-refractivity contribution in [3.05, 3.63) is 38.7 Å². The number of aliphatic hydroxyl groups is 1. The monoisotopic (exact) mass is 660 g/mol. The van der Waals surface area contributed by atoms with Crippen LogP contribution in [0, 0.1) is 40.9 Å². The Labute approximate surface area is 272 Å². The van der Waals surface area contributed by atoms with E-state index in [2.05, 4.69) is 38.0 Å². The van der Waals surface area contributed by atoms with Crippen molar-refractivity contribution in [1.82, 2.24) is 19.5 Å². The highest BCUT2D eigenvalue weighted by Crippen LogP contribution is 2.52. The molecule has 0 aromatic carbocycles. The molecule has 4 rings (SSSR count). The molecule has 1 saturated carbocycles. The van der Waals surface area contributed by atoms with Gasteiger partial charge in [0.1, 0.15) is 12.3 Å². The number of fused-ring (bicyclic) bond motifs is 1. The van der Waals surface area contributed by atoms with E-state index in [9.17, 15) is 14.4 Å². The molecule has 1 aromatic rings. The van der Waals surface area contributed by atoms with Gasteiger partial charge in [-0.3, -0.25) is 14.3 Å². The number of ether oxygens (including phenoxy) is 2. The van der Waals surface area contributed by atoms with E-state index in [1.807, 2.05) is 27.7 Å². The minimum atomic E-state index is -1.62. The van der Waals surface area contributed by atoms with Gasteiger partial charge in [0, 0.05) is 44.1 Å². The summed E-state index contributed by atoms with van der Waals surface area (Å²) in [6.45, 7) is 8.67. The molecule has 46 heavy (non-hydrogen) atoms. The predicted molar refractivity (Wildman–Crippen MR) is 172 cm³/mol. The van der Waals surface area contributed by atoms with Crippen LogP contribution in [-0.4, -0.2) is 77.5 Å². The molecule has 2 fully saturated rings. The van der Waals surface area contributed by atoms with Gasteiger partial charge in [0.2, 0.25) is 1.43 Å². The van der Waals surface area contributed by atoms with Crippen LogP contribution in [0.1, 0.15) is 78.0 Å². The van der Waals surface area contributed by atoms with Crippen LogP contribution in [-0.2, 0) is 18.5 Å². The third-order valence-corrected chi connectivity index (χ3v) is 10.6. The second kappa shape index (κ2) is 17.2. The van der Waals surface area contributed by atoms with Crippen LogP contribution in [0.2, 0.25) is 0 Å². The number of carbonyl (C=O) groups excluding carboxylic acids is 1. The summed E-state index contributed by atoms with van der Waals surface area (Å²) in [6, 6.07) is 2.23. The molecule has 0 radical (unpaired) electrons. The highest BCUT2D eigenvalue weighted by atomic mass is 31.2. The molecule has 3 N–H and O–H groups in total. The molecular formula is C32H46N5O8P. The SMILES string of the molecule is [2H]OC[C@H]1O[C@@H](n2cc(/C=C/CNC(=O)OC[C@@H]3[C@@H]4CCC#CCC[C@@H]43)c(=O)[nH]c2=O)CC1OP(OCCC#N)N(C(C)C)C(C)C. The second-order valence-electron chi connectivity index (χ2n) is 12.3. The predicted octanol–water partition coefficient (Wildman–Crippen LogP) is 3.66. The number of alkyl carbamates (subject to hydrolysis) is 1. The van der Waals surface area contributed by atoms with Gasteiger partial charge in [-0.1, -0.05) is 12.2 Å². The van der Waals surface area contributed by atoms with E-state index in [0.29, 0.717) is 24.4 Å². The van der Waals surface area contributed by atoms with Gasteiger partial charge < -0.3 is 28.9 Å². The van der Waals surface area contributed by atoms with E-state index in [4.69, 9.17) is 25.2 Å². The number of nitrogens with one attached hydrogen (secondary N) is 2. The zero-order valence-corrected chi connectivity index (χ0v) is 27.9. The van der Waals surface area contributed by atoms with Gasteiger partial charge in [-0.15, -0.1) is 11.8 Å². The lowest BCUT2D eigenvalue weighted by atomic mass is 10.1. The average Bonchev–Trinajstić information content (AvgIpc) is 3.48. The number of aromatic nitrogens is 2. The molecule has 1 amide bonds. The first-order valence-electron chi connectivity index (χ1n) is 16.4. The molecule has 2 aliphatic carbocycles. The van der Waals surface area contributed by atoms with E-state index in [1.165, 1.54) is 16.8 Å². The number of hydrogen-bond donors (Lipinski definition) is 3. The minimum Gasteiger partial charge on any atom is -0.449 e. The Balaban J connectivity index is 1.36. The Kier molecular flexibility index (Phi) is 12.8. The van der Waals surface area contributed by atoms with Crippen LogP contribution in [0.15, 0.2) is 21.9 Å². The molecular weight excluding hydrogens is 613 g/mol. The molecule has 7 atom stereocenters. The van der Waals surface area contributed by atoms with Crippen LogP contribution in [0.3, 0.4) is 0 Å². The van der Waals surface area contributed by atoms with E-state index < -0.39 is 44.3 Å². The standard InChI is InChI=1S/C32H46N5O8P/c1-21(2)37(22(3)4)46(43-16-10-14-33)45-27-17-29(44-28(27)19-38)36-18-23(30(39)35-31(36)40)11-9-15-34-32(41)42-20-26-24-12-7-5-6-8-13-25(24)26/h9,11,18,21-22,24-29,38H,7-8,10,12-13,15-17,19-20H2,1-4H3,(H,34,41)(H,35,39,40)/b11-9+/t24-,25+,26-,27?,28-,29-,46?/m1/s1/i38D. The van der Waals surface area contributed by atoms with Crippen molar-refractivity contribution in [2.24, 2.45) is 17.8 Å². The van der Waals surface area contributed by atoms with Crippen molar-refractivity contribution < 1.29 is 28.4 Å². The summed E-state index contributed by atoms with van der Waals surface area (Å²) in [5.74, 6) is 7.91. The normalized spacial score (nSPS) is 26.5. The summed E-state index contributed by atoms with van der Waals surface area (Å²) in [5.41, 5.74) is -1.07. The van der Waals surface area contributed by atoms with Crippen molar-refractivity contribution in [3.8, 4) is 17.9 Å². The van der Waals surface area contributed by atoms with Gasteiger partial charge in [-0.05, 0) is 58.3 Å². The maximum atomic E-state index is 12.9. The Morgan fingerprint density at radius 1 is 1.30 bits per heavy atom. The van der Waals surface area contributed by atoms with Crippen LogP contribution in [0.5, 0.6) is 0 Å². The lowest BCUT2D eigenvalue weighted by Crippen LogP contribution is -2.36. The summed E-state index contributed by atoms with van der Waals surface area (Å²) < 4.78 is 34.7. The second-order valence-corrected chi connectivity index (χ2v) is 13.7. The number of nitrogens with zero attached hydrogens (tertiary/aromatic N) is 3. The fraction of sp³-hybridized carbons (Fsp3) is 0.688. The highest BCUT2D eigenvalue weighted by Gasteiger charge is 2.49. The number of aliphatic hydroxyl groups excluding tert-OH is 1. The molecule has 13 nitrogen and oxygen atoms in total. The molecule has 0 spiro atoms. The number of aromatic amines is 1. The van der Waals surface area contributed by atoms with Gasteiger partial charge in [0.25, 0.3) is 14.1 Å². The van der Waals surface area contributed by atoms with Crippen molar-refractivity contribution in [3.63, 3.8) is 0 Å². The van der Waals surface area contributed by atoms with Gasteiger partial charge in [0.05, 0.1) is 44.0 Å². The van der Waals surface area contributed by atoms with Crippen LogP contribution in [0.4, 0.5) is 4.79 Å². The maximum absolute atomic E-state index is 12.9. The Bertz CT molecular complexity index is 1420. The Hall–Kier alpha value is -3.03. The number of rotatable bonds is 16. The summed E-state index contributed by atoms with van der Waals surface area (Å²) in [7, 11) is -1.62. The van der Waals surface area contributed by atoms with Crippen LogP contribution >= 0.6 is 8.53 Å². The van der Waals surface area contributed by atoms with Gasteiger partial charge >= 0.3 is 11.8 Å². The summed E-state index contributed by atoms with van der Waals surface area (Å²) in [4.78, 5) is 40.1. The third-order valence-electron chi connectivity index (χ3n) is 8.45. The molecule has 1 saturated heterocycles. The topological polar surface area (TPSA) is 168 Å². The number of H-pyrrole nitrogens is 1. The fourth-order valence-corrected chi connectivity index (χ4v) is 7.97. The largest absolute Gasteiger partial charge is 0.449 e. The molecule has 0 bridgehead atoms. The van der Waals surface area contributed by atoms with Crippen molar-refractivity contribution in [2.75, 3.05) is 26.4 Å². The quantitative estimate of drug-likeness (QED) is 0.135. The van der Waals surface area contributed by atoms with Gasteiger partial charge in [-0.25, -0.2) is 14.3 Å². The van der Waals surface area contributed by atoms with Crippen molar-refractivity contribution in [1.29, 1.82) is 6.69 Å². The van der Waals surface area contributed by atoms with E-state index >= 15 is 0 Å². The van der Waals surface area contributed by atoms with Crippen LogP contribution < -0.4 is 16.6 Å². The first-order valence-corrected chi connectivity index (χ1v) is 17.1. The lowest BCUT2D eigenvalue weighted by Gasteiger charge is -2.37. The summed E-state index contributed by atoms with van der Waals surface area (Å²) in [6.07, 6.45) is 6.19. The first kappa shape index (κ1) is 34.3. The molecule has 252 valence electrons. The first-order chi connectivity index (χ1) is 22.6. The van der Waals surface area contributed by atoms with E-state index in [-0.39, 0.29) is 50.2 Å². The number of amides is 1. The number of nitriles is 1. The molecule has 2 unspecified atom stereocenters. The molecule has 1 aromatic heterocycles. The van der Waals surface area contributed by atoms with E-state index in [0.717, 1.165) is 25.7 Å². The van der Waals surface area contributed by atoms with Gasteiger partial charge in [-0.2, -0.15) is 5.26 Å². The van der Waals surface area contributed by atoms with Gasteiger partial charge in [0.15, 0.2) is 0 Å². The van der Waals surface area contributed by atoms with Crippen molar-refractivity contribution >= 4 is 20.7 Å². The number of carbonyl (C=O) groups is 1. The molecule has 14 heteroatoms. The average molecular weight is 661 g/mol. The number of hydrogen-bond acceptors (Lipinski definition) is 10. The highest BCUT2D eigenvalue weighted by molar-refractivity contribution is 7.44. The van der Waals surface area contributed by atoms with Crippen molar-refractivity contribution in [2.45, 2.75) is 96.7 Å². The molecule has 3 aliphatic rings. The molecule has 2 heterocycles. The zero-order chi connectivity index (χ0) is 33.9. The molecule has 1 aliphatic heterocycles.